The Hall–Kier alpha value is -7.41. The summed E-state index contributed by atoms with van der Waals surface area (Å²) in [6, 6.07) is 63.9. The number of fused-ring (bicyclic) bond motifs is 9. The summed E-state index contributed by atoms with van der Waals surface area (Å²) in [6.45, 7) is 0. The zero-order valence-electron chi connectivity index (χ0n) is 30.4. The van der Waals surface area contributed by atoms with E-state index in [1.807, 2.05) is 65.9 Å². The maximum absolute atomic E-state index is 6.25. The predicted octanol–water partition coefficient (Wildman–Crippen LogP) is 13.9. The lowest BCUT2D eigenvalue weighted by molar-refractivity contribution is 0.669. The molecular formula is C51H30N4OS. The van der Waals surface area contributed by atoms with Gasteiger partial charge < -0.3 is 8.98 Å². The third-order valence-electron chi connectivity index (χ3n) is 11.1. The average molecular weight is 747 g/mol. The minimum Gasteiger partial charge on any atom is -0.456 e. The van der Waals surface area contributed by atoms with Crippen molar-refractivity contribution in [1.29, 1.82) is 0 Å². The molecule has 0 unspecified atom stereocenters. The van der Waals surface area contributed by atoms with Gasteiger partial charge in [-0.1, -0.05) is 121 Å². The van der Waals surface area contributed by atoms with Crippen LogP contribution < -0.4 is 0 Å². The molecule has 4 aromatic heterocycles. The van der Waals surface area contributed by atoms with Crippen LogP contribution in [-0.2, 0) is 0 Å². The smallest absolute Gasteiger partial charge is 0.164 e. The molecule has 12 rings (SSSR count). The molecule has 0 aliphatic rings. The summed E-state index contributed by atoms with van der Waals surface area (Å²) in [6.07, 6.45) is 0. The van der Waals surface area contributed by atoms with Crippen LogP contribution in [0.3, 0.4) is 0 Å². The number of benzene rings is 8. The third kappa shape index (κ3) is 5.12. The van der Waals surface area contributed by atoms with Crippen molar-refractivity contribution in [2.75, 3.05) is 0 Å². The molecule has 0 saturated heterocycles. The van der Waals surface area contributed by atoms with E-state index in [-0.39, 0.29) is 0 Å². The van der Waals surface area contributed by atoms with Gasteiger partial charge in [-0.25, -0.2) is 15.0 Å². The first-order valence-corrected chi connectivity index (χ1v) is 19.8. The Morgan fingerprint density at radius 1 is 0.386 bits per heavy atom. The Balaban J connectivity index is 0.989. The van der Waals surface area contributed by atoms with Crippen LogP contribution in [0, 0.1) is 0 Å². The van der Waals surface area contributed by atoms with E-state index in [9.17, 15) is 0 Å². The Morgan fingerprint density at radius 3 is 1.77 bits per heavy atom. The van der Waals surface area contributed by atoms with E-state index in [0.717, 1.165) is 44.3 Å². The van der Waals surface area contributed by atoms with Gasteiger partial charge in [-0.3, -0.25) is 0 Å². The van der Waals surface area contributed by atoms with Gasteiger partial charge in [-0.15, -0.1) is 11.3 Å². The number of hydrogen-bond donors (Lipinski definition) is 0. The van der Waals surface area contributed by atoms with Crippen LogP contribution in [-0.4, -0.2) is 19.5 Å². The Morgan fingerprint density at radius 2 is 0.982 bits per heavy atom. The normalized spacial score (nSPS) is 11.9. The maximum atomic E-state index is 6.25. The van der Waals surface area contributed by atoms with Crippen molar-refractivity contribution in [3.63, 3.8) is 0 Å². The predicted molar refractivity (Wildman–Crippen MR) is 236 cm³/mol. The molecule has 0 amide bonds. The van der Waals surface area contributed by atoms with Gasteiger partial charge >= 0.3 is 0 Å². The van der Waals surface area contributed by atoms with E-state index < -0.39 is 0 Å². The molecule has 0 atom stereocenters. The van der Waals surface area contributed by atoms with Gasteiger partial charge in [0.1, 0.15) is 11.2 Å². The lowest BCUT2D eigenvalue weighted by Crippen LogP contribution is -2.00. The van der Waals surface area contributed by atoms with Crippen LogP contribution in [0.15, 0.2) is 186 Å². The first-order valence-electron chi connectivity index (χ1n) is 19.0. The fraction of sp³-hybridized carbons (Fsp3) is 0. The van der Waals surface area contributed by atoms with Crippen molar-refractivity contribution < 1.29 is 4.42 Å². The molecule has 6 heteroatoms. The molecule has 8 aromatic carbocycles. The second kappa shape index (κ2) is 12.6. The largest absolute Gasteiger partial charge is 0.456 e. The van der Waals surface area contributed by atoms with Crippen LogP contribution in [0.1, 0.15) is 0 Å². The summed E-state index contributed by atoms with van der Waals surface area (Å²) in [4.78, 5) is 15.2. The molecule has 5 nitrogen and oxygen atoms in total. The van der Waals surface area contributed by atoms with Crippen LogP contribution in [0.2, 0.25) is 0 Å². The number of furan rings is 1. The molecule has 4 heterocycles. The van der Waals surface area contributed by atoms with Crippen LogP contribution in [0.25, 0.3) is 115 Å². The second-order valence-electron chi connectivity index (χ2n) is 14.4. The summed E-state index contributed by atoms with van der Waals surface area (Å²) in [5.74, 6) is 1.85. The fourth-order valence-electron chi connectivity index (χ4n) is 8.39. The van der Waals surface area contributed by atoms with Gasteiger partial charge in [0, 0.05) is 64.1 Å². The molecule has 12 aromatic rings. The first kappa shape index (κ1) is 31.9. The molecule has 0 aliphatic heterocycles. The highest BCUT2D eigenvalue weighted by molar-refractivity contribution is 7.26. The summed E-state index contributed by atoms with van der Waals surface area (Å²) in [5, 5.41) is 7.07. The van der Waals surface area contributed by atoms with E-state index in [0.29, 0.717) is 17.5 Å². The molecule has 266 valence electrons. The molecule has 0 aliphatic carbocycles. The number of para-hydroxylation sites is 3. The van der Waals surface area contributed by atoms with Gasteiger partial charge in [0.05, 0.1) is 11.0 Å². The number of hydrogen-bond acceptors (Lipinski definition) is 5. The third-order valence-corrected chi connectivity index (χ3v) is 12.3. The minimum absolute atomic E-state index is 0.599. The molecule has 0 N–H and O–H groups in total. The van der Waals surface area contributed by atoms with Crippen LogP contribution in [0.4, 0.5) is 0 Å². The van der Waals surface area contributed by atoms with Crippen molar-refractivity contribution in [2.45, 2.75) is 0 Å². The van der Waals surface area contributed by atoms with Crippen molar-refractivity contribution in [3.05, 3.63) is 182 Å². The Labute approximate surface area is 330 Å². The van der Waals surface area contributed by atoms with Gasteiger partial charge in [0.2, 0.25) is 0 Å². The highest BCUT2D eigenvalue weighted by atomic mass is 32.1. The molecule has 0 bridgehead atoms. The molecule has 0 spiro atoms. The Bertz CT molecular complexity index is 3490. The molecule has 0 radical (unpaired) electrons. The summed E-state index contributed by atoms with van der Waals surface area (Å²) in [7, 11) is 0. The highest BCUT2D eigenvalue weighted by Crippen LogP contribution is 2.42. The number of thiophene rings is 1. The van der Waals surface area contributed by atoms with Gasteiger partial charge in [0.15, 0.2) is 17.5 Å². The quantitative estimate of drug-likeness (QED) is 0.176. The van der Waals surface area contributed by atoms with E-state index in [4.69, 9.17) is 19.4 Å². The summed E-state index contributed by atoms with van der Waals surface area (Å²) in [5.41, 5.74) is 10.4. The lowest BCUT2D eigenvalue weighted by atomic mass is 10.0. The van der Waals surface area contributed by atoms with Crippen LogP contribution >= 0.6 is 11.3 Å². The topological polar surface area (TPSA) is 56.7 Å². The zero-order valence-corrected chi connectivity index (χ0v) is 31.2. The van der Waals surface area contributed by atoms with Crippen molar-refractivity contribution in [2.24, 2.45) is 0 Å². The number of aromatic nitrogens is 4. The van der Waals surface area contributed by atoms with Crippen LogP contribution in [0.5, 0.6) is 0 Å². The average Bonchev–Trinajstić information content (AvgIpc) is 3.95. The standard InChI is InChI=1S/C51H30N4OS/c1-2-12-31(13-3-1)49-52-50(54-51(53-49)34-24-26-40-39-18-6-9-23-45(39)56-46(40)30-34)33-25-27-47-42(29-33)41-20-11-19-36(48(41)57-47)32-14-10-15-35(28-32)55-43-21-7-4-16-37(43)38-17-5-8-22-44(38)55/h1-30H. The first-order chi connectivity index (χ1) is 28.2. The van der Waals surface area contributed by atoms with Crippen molar-refractivity contribution >= 4 is 75.3 Å². The number of rotatable bonds is 5. The lowest BCUT2D eigenvalue weighted by Gasteiger charge is -2.11. The monoisotopic (exact) mass is 746 g/mol. The van der Waals surface area contributed by atoms with Crippen molar-refractivity contribution in [3.8, 4) is 51.0 Å². The fourth-order valence-corrected chi connectivity index (χ4v) is 9.61. The van der Waals surface area contributed by atoms with Gasteiger partial charge in [-0.05, 0) is 71.8 Å². The molecule has 0 saturated carbocycles. The molecule has 0 fully saturated rings. The molecule has 57 heavy (non-hydrogen) atoms. The number of nitrogens with zero attached hydrogens (tertiary/aromatic N) is 4. The van der Waals surface area contributed by atoms with Crippen molar-refractivity contribution in [1.82, 2.24) is 19.5 Å². The summed E-state index contributed by atoms with van der Waals surface area (Å²) >= 11 is 1.83. The molecular weight excluding hydrogens is 717 g/mol. The summed E-state index contributed by atoms with van der Waals surface area (Å²) < 4.78 is 11.1. The zero-order chi connectivity index (χ0) is 37.5. The van der Waals surface area contributed by atoms with E-state index in [1.165, 1.54) is 53.1 Å². The highest BCUT2D eigenvalue weighted by Gasteiger charge is 2.18. The van der Waals surface area contributed by atoms with Gasteiger partial charge in [-0.2, -0.15) is 0 Å². The SMILES string of the molecule is c1ccc(-c2nc(-c3ccc4c(c3)oc3ccccc34)nc(-c3ccc4sc5c(-c6cccc(-n7c8ccccc8c8ccccc87)c6)cccc5c4c3)n2)cc1. The maximum Gasteiger partial charge on any atom is 0.164 e. The second-order valence-corrected chi connectivity index (χ2v) is 15.4. The van der Waals surface area contributed by atoms with Gasteiger partial charge in [0.25, 0.3) is 0 Å². The minimum atomic E-state index is 0.599. The van der Waals surface area contributed by atoms with E-state index >= 15 is 0 Å². The van der Waals surface area contributed by atoms with E-state index in [1.54, 1.807) is 0 Å². The van der Waals surface area contributed by atoms with E-state index in [2.05, 4.69) is 132 Å². The Kier molecular flexibility index (Phi) is 7.03.